The van der Waals surface area contributed by atoms with E-state index in [2.05, 4.69) is 5.16 Å². The summed E-state index contributed by atoms with van der Waals surface area (Å²) in [5.74, 6) is 1.00. The second kappa shape index (κ2) is 4.13. The lowest BCUT2D eigenvalue weighted by Crippen LogP contribution is -2.30. The number of amides is 1. The lowest BCUT2D eigenvalue weighted by atomic mass is 10.1. The molecule has 1 aromatic carbocycles. The van der Waals surface area contributed by atoms with E-state index in [1.807, 2.05) is 0 Å². The number of hydrogen-bond acceptors (Lipinski definition) is 5. The standard InChI is InChI=1S/C12H8ClN3O3S/c13-6-1-2-8-7(3-6)11(17)15-5-20-4-9(15)10-14-19-12(18)16(8)10/h1-3,9H,4-5H2/t9-/m0/s1. The van der Waals surface area contributed by atoms with Crippen molar-refractivity contribution in [2.45, 2.75) is 6.04 Å². The summed E-state index contributed by atoms with van der Waals surface area (Å²) < 4.78 is 6.14. The van der Waals surface area contributed by atoms with Crippen LogP contribution in [0.5, 0.6) is 0 Å². The van der Waals surface area contributed by atoms with Gasteiger partial charge in [0.2, 0.25) is 0 Å². The minimum Gasteiger partial charge on any atom is -0.318 e. The summed E-state index contributed by atoms with van der Waals surface area (Å²) in [4.78, 5) is 26.2. The number of nitrogens with zero attached hydrogens (tertiary/aromatic N) is 3. The predicted molar refractivity (Wildman–Crippen MR) is 73.3 cm³/mol. The number of rotatable bonds is 0. The fraction of sp³-hybridized carbons (Fsp3) is 0.250. The van der Waals surface area contributed by atoms with Crippen LogP contribution in [0.15, 0.2) is 27.5 Å². The molecule has 4 rings (SSSR count). The van der Waals surface area contributed by atoms with Gasteiger partial charge in [0, 0.05) is 10.8 Å². The molecule has 2 aliphatic heterocycles. The normalized spacial score (nSPS) is 20.4. The fourth-order valence-electron chi connectivity index (χ4n) is 2.58. The van der Waals surface area contributed by atoms with E-state index < -0.39 is 5.76 Å². The zero-order valence-electron chi connectivity index (χ0n) is 10.1. The molecule has 3 heterocycles. The molecule has 1 saturated heterocycles. The van der Waals surface area contributed by atoms with Crippen molar-refractivity contribution in [3.63, 3.8) is 0 Å². The van der Waals surface area contributed by atoms with Crippen molar-refractivity contribution in [1.82, 2.24) is 14.6 Å². The van der Waals surface area contributed by atoms with Crippen molar-refractivity contribution in [1.29, 1.82) is 0 Å². The first-order chi connectivity index (χ1) is 9.66. The molecule has 0 bridgehead atoms. The number of fused-ring (bicyclic) bond motifs is 5. The van der Waals surface area contributed by atoms with E-state index in [1.165, 1.54) is 4.57 Å². The van der Waals surface area contributed by atoms with Crippen LogP contribution >= 0.6 is 23.4 Å². The highest BCUT2D eigenvalue weighted by atomic mass is 35.5. The van der Waals surface area contributed by atoms with Gasteiger partial charge in [0.05, 0.1) is 17.1 Å². The Balaban J connectivity index is 2.09. The molecule has 0 spiro atoms. The van der Waals surface area contributed by atoms with Crippen LogP contribution in [0.25, 0.3) is 5.69 Å². The molecule has 1 aromatic heterocycles. The Labute approximate surface area is 122 Å². The molecule has 1 atom stereocenters. The van der Waals surface area contributed by atoms with Crippen molar-refractivity contribution in [2.24, 2.45) is 0 Å². The topological polar surface area (TPSA) is 68.3 Å². The molecule has 8 heteroatoms. The van der Waals surface area contributed by atoms with Gasteiger partial charge in [-0.05, 0) is 18.2 Å². The summed E-state index contributed by atoms with van der Waals surface area (Å²) in [5, 5.41) is 4.30. The van der Waals surface area contributed by atoms with Crippen molar-refractivity contribution in [3.8, 4) is 5.69 Å². The summed E-state index contributed by atoms with van der Waals surface area (Å²) in [5.41, 5.74) is 0.870. The first-order valence-electron chi connectivity index (χ1n) is 5.94. The van der Waals surface area contributed by atoms with Gasteiger partial charge in [-0.2, -0.15) is 0 Å². The Bertz CT molecular complexity index is 784. The minimum absolute atomic E-state index is 0.137. The average molecular weight is 310 g/mol. The minimum atomic E-state index is -0.588. The van der Waals surface area contributed by atoms with Gasteiger partial charge in [-0.25, -0.2) is 9.36 Å². The first-order valence-corrected chi connectivity index (χ1v) is 7.47. The number of aromatic nitrogens is 2. The van der Waals surface area contributed by atoms with E-state index in [1.54, 1.807) is 34.9 Å². The molecule has 1 fully saturated rings. The van der Waals surface area contributed by atoms with Gasteiger partial charge in [0.1, 0.15) is 6.04 Å². The van der Waals surface area contributed by atoms with Crippen molar-refractivity contribution in [3.05, 3.63) is 45.2 Å². The fourth-order valence-corrected chi connectivity index (χ4v) is 3.90. The third kappa shape index (κ3) is 1.50. The monoisotopic (exact) mass is 309 g/mol. The summed E-state index contributed by atoms with van der Waals surface area (Å²) in [7, 11) is 0. The Hall–Kier alpha value is -1.73. The lowest BCUT2D eigenvalue weighted by Gasteiger charge is -2.19. The van der Waals surface area contributed by atoms with Crippen LogP contribution < -0.4 is 5.76 Å². The number of carbonyl (C=O) groups is 1. The van der Waals surface area contributed by atoms with Crippen LogP contribution in [0.1, 0.15) is 22.2 Å². The van der Waals surface area contributed by atoms with Gasteiger partial charge in [0.15, 0.2) is 5.82 Å². The van der Waals surface area contributed by atoms with Crippen molar-refractivity contribution in [2.75, 3.05) is 11.6 Å². The van der Waals surface area contributed by atoms with Crippen LogP contribution in [0, 0.1) is 0 Å². The summed E-state index contributed by atoms with van der Waals surface area (Å²) in [6.45, 7) is 0. The van der Waals surface area contributed by atoms with E-state index in [4.69, 9.17) is 16.1 Å². The number of benzene rings is 1. The molecule has 6 nitrogen and oxygen atoms in total. The quantitative estimate of drug-likeness (QED) is 0.740. The molecule has 1 amide bonds. The highest BCUT2D eigenvalue weighted by Crippen LogP contribution is 2.37. The van der Waals surface area contributed by atoms with Gasteiger partial charge in [-0.1, -0.05) is 16.8 Å². The van der Waals surface area contributed by atoms with E-state index in [0.29, 0.717) is 33.7 Å². The first kappa shape index (κ1) is 12.0. The number of thioether (sulfide) groups is 1. The number of halogens is 1. The SMILES string of the molecule is O=C1c2cc(Cl)ccc2-n2c(noc2=O)[C@@H]2CSCN12. The highest BCUT2D eigenvalue weighted by Gasteiger charge is 2.40. The van der Waals surface area contributed by atoms with Crippen LogP contribution in [-0.2, 0) is 0 Å². The van der Waals surface area contributed by atoms with Gasteiger partial charge in [-0.15, -0.1) is 11.8 Å². The molecule has 2 aromatic rings. The summed E-state index contributed by atoms with van der Waals surface area (Å²) >= 11 is 7.60. The zero-order valence-corrected chi connectivity index (χ0v) is 11.6. The molecule has 0 radical (unpaired) electrons. The van der Waals surface area contributed by atoms with Gasteiger partial charge in [-0.3, -0.25) is 9.32 Å². The predicted octanol–water partition coefficient (Wildman–Crippen LogP) is 1.68. The molecule has 20 heavy (non-hydrogen) atoms. The second-order valence-corrected chi connectivity index (χ2v) is 6.03. The molecular formula is C12H8ClN3O3S. The smallest absolute Gasteiger partial charge is 0.318 e. The highest BCUT2D eigenvalue weighted by molar-refractivity contribution is 7.99. The molecule has 0 unspecified atom stereocenters. The Morgan fingerprint density at radius 1 is 1.40 bits per heavy atom. The van der Waals surface area contributed by atoms with Crippen LogP contribution in [0.3, 0.4) is 0 Å². The van der Waals surface area contributed by atoms with Crippen LogP contribution in [-0.4, -0.2) is 32.2 Å². The third-order valence-corrected chi connectivity index (χ3v) is 4.75. The molecule has 0 N–H and O–H groups in total. The number of carbonyl (C=O) groups excluding carboxylic acids is 1. The Kier molecular flexibility index (Phi) is 2.49. The van der Waals surface area contributed by atoms with E-state index in [9.17, 15) is 9.59 Å². The van der Waals surface area contributed by atoms with Gasteiger partial charge >= 0.3 is 5.76 Å². The van der Waals surface area contributed by atoms with Crippen LogP contribution in [0.2, 0.25) is 5.02 Å². The van der Waals surface area contributed by atoms with Gasteiger partial charge in [0.25, 0.3) is 5.91 Å². The molecule has 0 saturated carbocycles. The average Bonchev–Trinajstić information content (AvgIpc) is 3.02. The molecule has 2 aliphatic rings. The number of hydrogen-bond donors (Lipinski definition) is 0. The maximum Gasteiger partial charge on any atom is 0.446 e. The molecular weight excluding hydrogens is 302 g/mol. The van der Waals surface area contributed by atoms with E-state index >= 15 is 0 Å². The lowest BCUT2D eigenvalue weighted by molar-refractivity contribution is 0.0745. The zero-order chi connectivity index (χ0) is 13.9. The van der Waals surface area contributed by atoms with E-state index in [-0.39, 0.29) is 11.9 Å². The van der Waals surface area contributed by atoms with Crippen LogP contribution in [0.4, 0.5) is 0 Å². The van der Waals surface area contributed by atoms with E-state index in [0.717, 1.165) is 0 Å². The maximum absolute atomic E-state index is 12.6. The Morgan fingerprint density at radius 2 is 2.25 bits per heavy atom. The second-order valence-electron chi connectivity index (χ2n) is 4.59. The van der Waals surface area contributed by atoms with Crippen molar-refractivity contribution < 1.29 is 9.32 Å². The summed E-state index contributed by atoms with van der Waals surface area (Å²) in [6.07, 6.45) is 0. The third-order valence-electron chi connectivity index (χ3n) is 3.50. The molecule has 102 valence electrons. The maximum atomic E-state index is 12.6. The van der Waals surface area contributed by atoms with Gasteiger partial charge < -0.3 is 4.90 Å². The molecule has 0 aliphatic carbocycles. The summed E-state index contributed by atoms with van der Waals surface area (Å²) in [6, 6.07) is 4.62. The largest absolute Gasteiger partial charge is 0.446 e. The Morgan fingerprint density at radius 3 is 3.10 bits per heavy atom. The van der Waals surface area contributed by atoms with Crippen molar-refractivity contribution >= 4 is 29.3 Å².